The van der Waals surface area contributed by atoms with Crippen molar-refractivity contribution in [3.8, 4) is 11.1 Å². The summed E-state index contributed by atoms with van der Waals surface area (Å²) < 4.78 is 5.48. The van der Waals surface area contributed by atoms with Gasteiger partial charge >= 0.3 is 6.09 Å². The average Bonchev–Trinajstić information content (AvgIpc) is 2.99. The molecule has 3 heteroatoms. The molecule has 0 heterocycles. The van der Waals surface area contributed by atoms with Crippen molar-refractivity contribution in [2.75, 3.05) is 6.61 Å². The Hall–Kier alpha value is -3.07. The van der Waals surface area contributed by atoms with Crippen LogP contribution in [0.1, 0.15) is 22.6 Å². The van der Waals surface area contributed by atoms with Gasteiger partial charge in [-0.15, -0.1) is 0 Å². The molecule has 25 heavy (non-hydrogen) atoms. The Balaban J connectivity index is 1.43. The van der Waals surface area contributed by atoms with Crippen molar-refractivity contribution < 1.29 is 9.53 Å². The zero-order chi connectivity index (χ0) is 17.1. The van der Waals surface area contributed by atoms with E-state index in [2.05, 4.69) is 29.6 Å². The normalized spacial score (nSPS) is 12.3. The molecule has 4 rings (SSSR count). The van der Waals surface area contributed by atoms with Gasteiger partial charge in [0.05, 0.1) is 6.54 Å². The topological polar surface area (TPSA) is 38.3 Å². The van der Waals surface area contributed by atoms with Gasteiger partial charge in [0.2, 0.25) is 0 Å². The van der Waals surface area contributed by atoms with E-state index >= 15 is 0 Å². The fraction of sp³-hybridized carbons (Fsp3) is 0.0909. The minimum atomic E-state index is -0.439. The van der Waals surface area contributed by atoms with Crippen molar-refractivity contribution in [1.82, 2.24) is 5.32 Å². The Morgan fingerprint density at radius 1 is 0.840 bits per heavy atom. The second-order valence-electron chi connectivity index (χ2n) is 6.02. The number of benzene rings is 3. The molecule has 0 fully saturated rings. The Bertz CT molecular complexity index is 844. The third-order valence-corrected chi connectivity index (χ3v) is 4.50. The number of hydrogen-bond acceptors (Lipinski definition) is 2. The molecule has 1 aliphatic carbocycles. The van der Waals surface area contributed by atoms with Crippen LogP contribution in [-0.2, 0) is 4.74 Å². The summed E-state index contributed by atoms with van der Waals surface area (Å²) in [6.07, 6.45) is -0.439. The van der Waals surface area contributed by atoms with E-state index in [4.69, 9.17) is 4.74 Å². The summed E-state index contributed by atoms with van der Waals surface area (Å²) in [6, 6.07) is 26.2. The lowest BCUT2D eigenvalue weighted by Crippen LogP contribution is -2.24. The summed E-state index contributed by atoms with van der Waals surface area (Å²) >= 11 is 0. The van der Waals surface area contributed by atoms with Crippen LogP contribution >= 0.6 is 0 Å². The lowest BCUT2D eigenvalue weighted by molar-refractivity contribution is 0.146. The van der Waals surface area contributed by atoms with Crippen LogP contribution in [0.5, 0.6) is 0 Å². The fourth-order valence-electron chi connectivity index (χ4n) is 3.33. The number of alkyl carbamates (subject to hydrolysis) is 1. The molecule has 0 spiro atoms. The van der Waals surface area contributed by atoms with Crippen LogP contribution in [0.4, 0.5) is 4.79 Å². The van der Waals surface area contributed by atoms with E-state index in [0.29, 0.717) is 6.61 Å². The molecule has 0 atom stereocenters. The average molecular weight is 328 g/mol. The third-order valence-electron chi connectivity index (χ3n) is 4.50. The maximum atomic E-state index is 12.0. The highest BCUT2D eigenvalue weighted by molar-refractivity contribution is 5.79. The summed E-state index contributed by atoms with van der Waals surface area (Å²) in [4.78, 5) is 12.0. The van der Waals surface area contributed by atoms with E-state index in [1.54, 1.807) is 6.54 Å². The van der Waals surface area contributed by atoms with Gasteiger partial charge in [0, 0.05) is 5.92 Å². The van der Waals surface area contributed by atoms with E-state index in [0.717, 1.165) is 5.56 Å². The van der Waals surface area contributed by atoms with Crippen LogP contribution < -0.4 is 5.32 Å². The van der Waals surface area contributed by atoms with Gasteiger partial charge in [0.1, 0.15) is 6.61 Å². The predicted molar refractivity (Wildman–Crippen MR) is 98.0 cm³/mol. The first-order chi connectivity index (χ1) is 12.3. The van der Waals surface area contributed by atoms with Crippen molar-refractivity contribution in [3.05, 3.63) is 102 Å². The molecule has 3 aromatic rings. The molecule has 0 saturated carbocycles. The number of fused-ring (bicyclic) bond motifs is 3. The van der Waals surface area contributed by atoms with Gasteiger partial charge in [-0.2, -0.15) is 0 Å². The van der Waals surface area contributed by atoms with E-state index in [1.807, 2.05) is 54.6 Å². The summed E-state index contributed by atoms with van der Waals surface area (Å²) in [5.74, 6) is 0.0786. The van der Waals surface area contributed by atoms with E-state index in [9.17, 15) is 4.79 Å². The zero-order valence-corrected chi connectivity index (χ0v) is 13.7. The lowest BCUT2D eigenvalue weighted by atomic mass is 9.98. The van der Waals surface area contributed by atoms with Crippen LogP contribution in [0.15, 0.2) is 78.9 Å². The Morgan fingerprint density at radius 2 is 1.40 bits per heavy atom. The lowest BCUT2D eigenvalue weighted by Gasteiger charge is -2.14. The second-order valence-corrected chi connectivity index (χ2v) is 6.02. The summed E-state index contributed by atoms with van der Waals surface area (Å²) in [6.45, 7) is 1.97. The highest BCUT2D eigenvalue weighted by Gasteiger charge is 2.28. The van der Waals surface area contributed by atoms with Crippen LogP contribution in [-0.4, -0.2) is 12.7 Å². The molecule has 0 unspecified atom stereocenters. The molecule has 0 bridgehead atoms. The van der Waals surface area contributed by atoms with Gasteiger partial charge in [0.15, 0.2) is 0 Å². The summed E-state index contributed by atoms with van der Waals surface area (Å²) in [5.41, 5.74) is 5.80. The minimum Gasteiger partial charge on any atom is -0.449 e. The molecule has 123 valence electrons. The smallest absolute Gasteiger partial charge is 0.407 e. The molecule has 1 aliphatic rings. The van der Waals surface area contributed by atoms with Crippen LogP contribution in [0.25, 0.3) is 11.1 Å². The van der Waals surface area contributed by atoms with Gasteiger partial charge in [-0.1, -0.05) is 78.9 Å². The maximum Gasteiger partial charge on any atom is 0.407 e. The van der Waals surface area contributed by atoms with Crippen LogP contribution in [0.3, 0.4) is 0 Å². The first-order valence-electron chi connectivity index (χ1n) is 8.33. The molecule has 3 aromatic carbocycles. The predicted octanol–water partition coefficient (Wildman–Crippen LogP) is 4.74. The zero-order valence-electron chi connectivity index (χ0n) is 13.7. The number of carbonyl (C=O) groups excluding carboxylic acids is 1. The molecule has 3 nitrogen and oxygen atoms in total. The second kappa shape index (κ2) is 6.81. The standard InChI is InChI=1S/C22H18NO2/c24-22(23-14-16-8-2-1-3-9-16)25-15-21-19-12-6-4-10-17(19)18-11-5-7-13-20(18)21/h1-14,21H,15H2,(H,23,24). The first-order valence-corrected chi connectivity index (χ1v) is 8.33. The van der Waals surface area contributed by atoms with E-state index in [-0.39, 0.29) is 5.92 Å². The van der Waals surface area contributed by atoms with Crippen molar-refractivity contribution in [2.24, 2.45) is 0 Å². The number of nitrogens with one attached hydrogen (secondary N) is 1. The van der Waals surface area contributed by atoms with Gasteiger partial charge < -0.3 is 10.1 Å². The first kappa shape index (κ1) is 15.5. The molecular formula is C22H18NO2. The monoisotopic (exact) mass is 328 g/mol. The van der Waals surface area contributed by atoms with Crippen molar-refractivity contribution >= 4 is 6.09 Å². The number of amides is 1. The molecule has 0 saturated heterocycles. The van der Waals surface area contributed by atoms with Gasteiger partial charge in [-0.25, -0.2) is 4.79 Å². The van der Waals surface area contributed by atoms with Crippen LogP contribution in [0, 0.1) is 6.54 Å². The molecule has 1 amide bonds. The van der Waals surface area contributed by atoms with Crippen molar-refractivity contribution in [2.45, 2.75) is 5.92 Å². The highest BCUT2D eigenvalue weighted by atomic mass is 16.5. The van der Waals surface area contributed by atoms with Gasteiger partial charge in [0.25, 0.3) is 0 Å². The summed E-state index contributed by atoms with van der Waals surface area (Å²) in [5, 5.41) is 2.68. The maximum absolute atomic E-state index is 12.0. The molecule has 0 aliphatic heterocycles. The SMILES string of the molecule is O=C(N[CH]c1ccccc1)OCC1c2ccccc2-c2ccccc21. The van der Waals surface area contributed by atoms with E-state index < -0.39 is 6.09 Å². The van der Waals surface area contributed by atoms with Crippen molar-refractivity contribution in [3.63, 3.8) is 0 Å². The largest absolute Gasteiger partial charge is 0.449 e. The van der Waals surface area contributed by atoms with Crippen molar-refractivity contribution in [1.29, 1.82) is 0 Å². The highest BCUT2D eigenvalue weighted by Crippen LogP contribution is 2.44. The molecule has 1 radical (unpaired) electrons. The number of ether oxygens (including phenoxy) is 1. The van der Waals surface area contributed by atoms with Crippen LogP contribution in [0.2, 0.25) is 0 Å². The quantitative estimate of drug-likeness (QED) is 0.751. The van der Waals surface area contributed by atoms with Gasteiger partial charge in [-0.3, -0.25) is 0 Å². The number of hydrogen-bond donors (Lipinski definition) is 1. The molecule has 1 N–H and O–H groups in total. The Morgan fingerprint density at radius 3 is 2.04 bits per heavy atom. The fourth-order valence-corrected chi connectivity index (χ4v) is 3.33. The third kappa shape index (κ3) is 3.13. The van der Waals surface area contributed by atoms with E-state index in [1.165, 1.54) is 22.3 Å². The molecular weight excluding hydrogens is 310 g/mol. The Labute approximate surface area is 147 Å². The minimum absolute atomic E-state index is 0.0786. The number of rotatable bonds is 4. The van der Waals surface area contributed by atoms with Gasteiger partial charge in [-0.05, 0) is 27.8 Å². The molecule has 0 aromatic heterocycles. The summed E-state index contributed by atoms with van der Waals surface area (Å²) in [7, 11) is 0. The number of carbonyl (C=O) groups is 1. The Kier molecular flexibility index (Phi) is 4.21.